The maximum atomic E-state index is 11.5. The van der Waals surface area contributed by atoms with Crippen LogP contribution in [0, 0.1) is 52.3 Å². The fraction of sp³-hybridized carbons (Fsp3) is 1.00. The Hall–Kier alpha value is -0.600. The molecule has 4 heterocycles. The van der Waals surface area contributed by atoms with E-state index in [1.54, 1.807) is 0 Å². The molecule has 4 aliphatic heterocycles. The Labute approximate surface area is 316 Å². The molecule has 15 heteroatoms. The van der Waals surface area contributed by atoms with Crippen LogP contribution in [-0.2, 0) is 28.4 Å². The highest BCUT2D eigenvalue weighted by molar-refractivity contribution is 5.16. The van der Waals surface area contributed by atoms with E-state index in [2.05, 4.69) is 20.8 Å². The van der Waals surface area contributed by atoms with Crippen LogP contribution in [0.15, 0.2) is 0 Å². The second-order valence-corrected chi connectivity index (χ2v) is 18.9. The molecule has 0 aromatic heterocycles. The topological polar surface area (TPSA) is 237 Å². The standard InChI is InChI=1S/C39H64O15/c1-16-14-50-39(12-25(16)51-36-33(48)31(46)30(45)26(13-40)52-36)17(2)27-24(54-39)8-7-20-19-6-5-18-11-22(41)29(44)34(38(18,4)21(19)9-10-37(20,27)3)53-35-32(47)28(43)23(42)15-49-35/h16-36,40-48H,5-15H2,1-4H3. The normalized spacial score (nSPS) is 60.3. The van der Waals surface area contributed by atoms with Crippen molar-refractivity contribution >= 4 is 0 Å². The van der Waals surface area contributed by atoms with Crippen molar-refractivity contribution in [1.29, 1.82) is 0 Å². The first kappa shape index (κ1) is 40.2. The first-order valence-corrected chi connectivity index (χ1v) is 20.5. The molecule has 0 amide bonds. The maximum absolute atomic E-state index is 11.5. The van der Waals surface area contributed by atoms with Crippen LogP contribution in [0.5, 0.6) is 0 Å². The molecule has 8 fully saturated rings. The van der Waals surface area contributed by atoms with E-state index in [1.165, 1.54) is 0 Å². The summed E-state index contributed by atoms with van der Waals surface area (Å²) in [6.45, 7) is 8.41. The van der Waals surface area contributed by atoms with Gasteiger partial charge < -0.3 is 74.4 Å². The van der Waals surface area contributed by atoms with Crippen molar-refractivity contribution in [3.63, 3.8) is 0 Å². The van der Waals surface area contributed by atoms with E-state index >= 15 is 0 Å². The van der Waals surface area contributed by atoms with Crippen molar-refractivity contribution in [1.82, 2.24) is 0 Å². The number of aliphatic hydroxyl groups is 9. The van der Waals surface area contributed by atoms with Gasteiger partial charge in [-0.3, -0.25) is 0 Å². The van der Waals surface area contributed by atoms with E-state index in [-0.39, 0.29) is 47.7 Å². The van der Waals surface area contributed by atoms with Gasteiger partial charge in [-0.25, -0.2) is 0 Å². The fourth-order valence-corrected chi connectivity index (χ4v) is 13.3. The molecule has 8 rings (SSSR count). The first-order valence-electron chi connectivity index (χ1n) is 20.5. The summed E-state index contributed by atoms with van der Waals surface area (Å²) in [5, 5.41) is 95.0. The monoisotopic (exact) mass is 772 g/mol. The number of fused-ring (bicyclic) bond motifs is 7. The van der Waals surface area contributed by atoms with Crippen molar-refractivity contribution in [3.05, 3.63) is 0 Å². The summed E-state index contributed by atoms with van der Waals surface area (Å²) >= 11 is 0. The fourth-order valence-electron chi connectivity index (χ4n) is 13.3. The summed E-state index contributed by atoms with van der Waals surface area (Å²) in [5.41, 5.74) is -0.622. The molecule has 24 atom stereocenters. The molecule has 15 nitrogen and oxygen atoms in total. The van der Waals surface area contributed by atoms with E-state index in [0.717, 1.165) is 38.5 Å². The molecule has 4 saturated heterocycles. The molecule has 54 heavy (non-hydrogen) atoms. The Morgan fingerprint density at radius 1 is 0.722 bits per heavy atom. The molecule has 0 aromatic carbocycles. The zero-order valence-electron chi connectivity index (χ0n) is 31.9. The summed E-state index contributed by atoms with van der Waals surface area (Å²) in [4.78, 5) is 0. The predicted octanol–water partition coefficient (Wildman–Crippen LogP) is -0.616. The number of hydrogen-bond acceptors (Lipinski definition) is 15. The minimum absolute atomic E-state index is 0.00150. The molecule has 9 N–H and O–H groups in total. The molecule has 8 aliphatic rings. The Morgan fingerprint density at radius 3 is 2.20 bits per heavy atom. The average molecular weight is 773 g/mol. The van der Waals surface area contributed by atoms with Gasteiger partial charge in [0.1, 0.15) is 48.8 Å². The van der Waals surface area contributed by atoms with Crippen molar-refractivity contribution in [2.75, 3.05) is 19.8 Å². The van der Waals surface area contributed by atoms with Gasteiger partial charge in [-0.1, -0.05) is 27.7 Å². The molecule has 24 unspecified atom stereocenters. The van der Waals surface area contributed by atoms with E-state index in [0.29, 0.717) is 31.3 Å². The lowest BCUT2D eigenvalue weighted by Gasteiger charge is -2.66. The van der Waals surface area contributed by atoms with Gasteiger partial charge >= 0.3 is 0 Å². The van der Waals surface area contributed by atoms with Gasteiger partial charge in [0.2, 0.25) is 0 Å². The van der Waals surface area contributed by atoms with Crippen LogP contribution in [0.25, 0.3) is 0 Å². The summed E-state index contributed by atoms with van der Waals surface area (Å²) in [6.07, 6.45) is -9.45. The SMILES string of the molecule is CC1COC2(CC1OC1OC(CO)C(O)C(O)C1O)OC1CCC3C4CCC5CC(O)C(O)C(OC6OCC(O)C(O)C6O)C5(C)C4CCC3(C)C1C2C. The quantitative estimate of drug-likeness (QED) is 0.159. The second-order valence-electron chi connectivity index (χ2n) is 18.9. The molecule has 0 aromatic rings. The largest absolute Gasteiger partial charge is 0.394 e. The van der Waals surface area contributed by atoms with Crippen LogP contribution < -0.4 is 0 Å². The summed E-state index contributed by atoms with van der Waals surface area (Å²) in [6, 6.07) is 0. The van der Waals surface area contributed by atoms with Crippen LogP contribution >= 0.6 is 0 Å². The second kappa shape index (κ2) is 14.6. The minimum Gasteiger partial charge on any atom is -0.394 e. The molecular weight excluding hydrogens is 708 g/mol. The third-order valence-corrected chi connectivity index (χ3v) is 16.4. The molecule has 4 aliphatic carbocycles. The lowest BCUT2D eigenvalue weighted by atomic mass is 9.40. The van der Waals surface area contributed by atoms with Gasteiger partial charge in [-0.05, 0) is 80.0 Å². The third kappa shape index (κ3) is 6.09. The summed E-state index contributed by atoms with van der Waals surface area (Å²) < 4.78 is 37.8. The zero-order valence-corrected chi connectivity index (χ0v) is 31.9. The van der Waals surface area contributed by atoms with E-state index in [1.807, 2.05) is 6.92 Å². The minimum atomic E-state index is -1.53. The molecular formula is C39H64O15. The third-order valence-electron chi connectivity index (χ3n) is 16.4. The van der Waals surface area contributed by atoms with Gasteiger partial charge in [0.25, 0.3) is 0 Å². The van der Waals surface area contributed by atoms with Gasteiger partial charge in [0, 0.05) is 23.7 Å². The lowest BCUT2D eigenvalue weighted by Crippen LogP contribution is -2.67. The highest BCUT2D eigenvalue weighted by Gasteiger charge is 2.69. The van der Waals surface area contributed by atoms with Crippen LogP contribution in [0.4, 0.5) is 0 Å². The summed E-state index contributed by atoms with van der Waals surface area (Å²) in [5.74, 6) is 0.110. The Morgan fingerprint density at radius 2 is 1.46 bits per heavy atom. The van der Waals surface area contributed by atoms with Crippen LogP contribution in [0.2, 0.25) is 0 Å². The molecule has 0 bridgehead atoms. The van der Waals surface area contributed by atoms with E-state index < -0.39 is 97.5 Å². The van der Waals surface area contributed by atoms with Crippen LogP contribution in [0.1, 0.15) is 79.1 Å². The number of rotatable bonds is 5. The maximum Gasteiger partial charge on any atom is 0.186 e. The lowest BCUT2D eigenvalue weighted by molar-refractivity contribution is -0.343. The van der Waals surface area contributed by atoms with E-state index in [4.69, 9.17) is 28.4 Å². The Bertz CT molecular complexity index is 1340. The van der Waals surface area contributed by atoms with Crippen LogP contribution in [-0.4, -0.2) is 157 Å². The number of ether oxygens (including phenoxy) is 6. The molecule has 4 saturated carbocycles. The van der Waals surface area contributed by atoms with Crippen molar-refractivity contribution in [3.8, 4) is 0 Å². The zero-order chi connectivity index (χ0) is 38.6. The number of aliphatic hydroxyl groups excluding tert-OH is 9. The highest BCUT2D eigenvalue weighted by atomic mass is 16.7. The molecule has 310 valence electrons. The van der Waals surface area contributed by atoms with Gasteiger partial charge in [-0.2, -0.15) is 0 Å². The van der Waals surface area contributed by atoms with Crippen molar-refractivity contribution in [2.24, 2.45) is 52.3 Å². The highest BCUT2D eigenvalue weighted by Crippen LogP contribution is 2.70. The van der Waals surface area contributed by atoms with Gasteiger partial charge in [-0.15, -0.1) is 0 Å². The predicted molar refractivity (Wildman–Crippen MR) is 186 cm³/mol. The van der Waals surface area contributed by atoms with Crippen molar-refractivity contribution < 1.29 is 74.4 Å². The molecule has 0 radical (unpaired) electrons. The Balaban J connectivity index is 1.02. The van der Waals surface area contributed by atoms with Crippen molar-refractivity contribution in [2.45, 2.75) is 171 Å². The smallest absolute Gasteiger partial charge is 0.186 e. The first-order chi connectivity index (χ1) is 25.6. The van der Waals surface area contributed by atoms with Gasteiger partial charge in [0.05, 0.1) is 44.2 Å². The summed E-state index contributed by atoms with van der Waals surface area (Å²) in [7, 11) is 0. The Kier molecular flexibility index (Phi) is 10.9. The van der Waals surface area contributed by atoms with E-state index in [9.17, 15) is 46.0 Å². The number of hydrogen-bond donors (Lipinski definition) is 9. The average Bonchev–Trinajstić information content (AvgIpc) is 3.43. The van der Waals surface area contributed by atoms with Crippen LogP contribution in [0.3, 0.4) is 0 Å². The van der Waals surface area contributed by atoms with Gasteiger partial charge in [0.15, 0.2) is 18.4 Å². The molecule has 1 spiro atoms.